The summed E-state index contributed by atoms with van der Waals surface area (Å²) in [5.74, 6) is 2.50. The van der Waals surface area contributed by atoms with E-state index in [0.29, 0.717) is 17.4 Å². The minimum absolute atomic E-state index is 0.0201. The predicted octanol–water partition coefficient (Wildman–Crippen LogP) is 1.83. The maximum absolute atomic E-state index is 11.7. The Kier molecular flexibility index (Phi) is 5.21. The first kappa shape index (κ1) is 14.3. The number of rotatable bonds is 5. The number of furan rings is 1. The Morgan fingerprint density at radius 2 is 2.26 bits per heavy atom. The van der Waals surface area contributed by atoms with Gasteiger partial charge in [0.05, 0.1) is 6.54 Å². The van der Waals surface area contributed by atoms with Crippen molar-refractivity contribution in [2.75, 3.05) is 17.3 Å². The molecule has 1 aromatic rings. The molecule has 0 saturated carbocycles. The first-order valence-corrected chi connectivity index (χ1v) is 8.13. The fourth-order valence-electron chi connectivity index (χ4n) is 1.71. The molecule has 2 N–H and O–H groups in total. The molecule has 1 fully saturated rings. The van der Waals surface area contributed by atoms with Crippen molar-refractivity contribution in [2.24, 2.45) is 0 Å². The smallest absolute Gasteiger partial charge is 0.371 e. The third-order valence-electron chi connectivity index (χ3n) is 2.63. The number of hydrogen-bond donors (Lipinski definition) is 2. The lowest BCUT2D eigenvalue weighted by Gasteiger charge is -2.20. The molecule has 1 aromatic heterocycles. The zero-order chi connectivity index (χ0) is 13.7. The van der Waals surface area contributed by atoms with Crippen molar-refractivity contribution in [3.8, 4) is 0 Å². The summed E-state index contributed by atoms with van der Waals surface area (Å²) in [5, 5.41) is 11.8. The van der Waals surface area contributed by atoms with E-state index in [1.807, 2.05) is 23.5 Å². The van der Waals surface area contributed by atoms with E-state index in [4.69, 9.17) is 9.52 Å². The van der Waals surface area contributed by atoms with Gasteiger partial charge in [-0.1, -0.05) is 0 Å². The summed E-state index contributed by atoms with van der Waals surface area (Å²) >= 11 is 3.72. The van der Waals surface area contributed by atoms with Gasteiger partial charge in [-0.3, -0.25) is 4.79 Å². The second-order valence-corrected chi connectivity index (χ2v) is 6.68. The molecule has 19 heavy (non-hydrogen) atoms. The summed E-state index contributed by atoms with van der Waals surface area (Å²) in [6.45, 7) is 0.233. The van der Waals surface area contributed by atoms with E-state index >= 15 is 0 Å². The Labute approximate surface area is 119 Å². The van der Waals surface area contributed by atoms with E-state index in [1.54, 1.807) is 6.07 Å². The van der Waals surface area contributed by atoms with Crippen molar-refractivity contribution in [2.45, 2.75) is 18.2 Å². The molecule has 2 heterocycles. The maximum Gasteiger partial charge on any atom is 0.371 e. The summed E-state index contributed by atoms with van der Waals surface area (Å²) in [6, 6.07) is 2.95. The molecule has 0 aromatic carbocycles. The van der Waals surface area contributed by atoms with Crippen molar-refractivity contribution < 1.29 is 19.1 Å². The van der Waals surface area contributed by atoms with E-state index < -0.39 is 5.97 Å². The van der Waals surface area contributed by atoms with Crippen LogP contribution in [0.1, 0.15) is 22.7 Å². The van der Waals surface area contributed by atoms with Crippen LogP contribution in [0.3, 0.4) is 0 Å². The molecule has 1 aliphatic rings. The molecular weight excluding hydrogens is 286 g/mol. The molecule has 0 aliphatic carbocycles. The van der Waals surface area contributed by atoms with E-state index in [0.717, 1.165) is 17.3 Å². The van der Waals surface area contributed by atoms with Gasteiger partial charge in [0.25, 0.3) is 0 Å². The topological polar surface area (TPSA) is 79.5 Å². The molecule has 1 unspecified atom stereocenters. The van der Waals surface area contributed by atoms with Crippen LogP contribution in [0.4, 0.5) is 0 Å². The number of carbonyl (C=O) groups excluding carboxylic acids is 1. The number of amides is 1. The van der Waals surface area contributed by atoms with Gasteiger partial charge in [-0.05, 0) is 12.1 Å². The predicted molar refractivity (Wildman–Crippen MR) is 75.7 cm³/mol. The van der Waals surface area contributed by atoms with Gasteiger partial charge in [-0.25, -0.2) is 4.79 Å². The van der Waals surface area contributed by atoms with Crippen LogP contribution in [0.15, 0.2) is 16.5 Å². The zero-order valence-electron chi connectivity index (χ0n) is 10.3. The second kappa shape index (κ2) is 6.91. The van der Waals surface area contributed by atoms with Crippen molar-refractivity contribution in [1.29, 1.82) is 0 Å². The van der Waals surface area contributed by atoms with Crippen LogP contribution >= 0.6 is 23.5 Å². The van der Waals surface area contributed by atoms with Gasteiger partial charge >= 0.3 is 5.97 Å². The standard InChI is InChI=1S/C12H15NO4S2/c14-11(5-9-7-18-3-4-19-9)13-6-8-1-2-10(17-8)12(15)16/h1-2,9H,3-7H2,(H,13,14)(H,15,16). The normalized spacial score (nSPS) is 19.1. The van der Waals surface area contributed by atoms with Crippen molar-refractivity contribution in [3.63, 3.8) is 0 Å². The van der Waals surface area contributed by atoms with Crippen LogP contribution < -0.4 is 5.32 Å². The molecule has 104 valence electrons. The third-order valence-corrected chi connectivity index (χ3v) is 5.48. The number of thioether (sulfide) groups is 2. The lowest BCUT2D eigenvalue weighted by atomic mass is 10.3. The summed E-state index contributed by atoms with van der Waals surface area (Å²) < 4.78 is 5.06. The largest absolute Gasteiger partial charge is 0.475 e. The fourth-order valence-corrected chi connectivity index (χ4v) is 4.39. The van der Waals surface area contributed by atoms with Gasteiger partial charge in [-0.15, -0.1) is 0 Å². The van der Waals surface area contributed by atoms with Crippen LogP contribution in [-0.4, -0.2) is 39.5 Å². The monoisotopic (exact) mass is 301 g/mol. The molecule has 1 amide bonds. The Bertz CT molecular complexity index is 454. The summed E-state index contributed by atoms with van der Waals surface area (Å²) in [4.78, 5) is 22.4. The molecule has 1 atom stereocenters. The van der Waals surface area contributed by atoms with Gasteiger partial charge in [0.15, 0.2) is 0 Å². The van der Waals surface area contributed by atoms with Gasteiger partial charge in [0.2, 0.25) is 11.7 Å². The first-order chi connectivity index (χ1) is 9.15. The number of hydrogen-bond acceptors (Lipinski definition) is 5. The summed E-state index contributed by atoms with van der Waals surface area (Å²) in [5.41, 5.74) is 0. The van der Waals surface area contributed by atoms with Crippen molar-refractivity contribution in [3.05, 3.63) is 23.7 Å². The number of nitrogens with one attached hydrogen (secondary N) is 1. The molecule has 5 nitrogen and oxygen atoms in total. The summed E-state index contributed by atoms with van der Waals surface area (Å²) in [6.07, 6.45) is 0.504. The second-order valence-electron chi connectivity index (χ2n) is 4.12. The lowest BCUT2D eigenvalue weighted by Crippen LogP contribution is -2.28. The van der Waals surface area contributed by atoms with Crippen LogP contribution in [0, 0.1) is 0 Å². The molecule has 1 aliphatic heterocycles. The fraction of sp³-hybridized carbons (Fsp3) is 0.500. The van der Waals surface area contributed by atoms with Gasteiger partial charge < -0.3 is 14.8 Å². The van der Waals surface area contributed by atoms with Crippen LogP contribution in [0.25, 0.3) is 0 Å². The highest BCUT2D eigenvalue weighted by Gasteiger charge is 2.18. The maximum atomic E-state index is 11.7. The molecular formula is C12H15NO4S2. The Morgan fingerprint density at radius 3 is 2.89 bits per heavy atom. The van der Waals surface area contributed by atoms with E-state index in [-0.39, 0.29) is 18.2 Å². The zero-order valence-corrected chi connectivity index (χ0v) is 11.9. The Balaban J connectivity index is 1.74. The lowest BCUT2D eigenvalue weighted by molar-refractivity contribution is -0.121. The van der Waals surface area contributed by atoms with Gasteiger partial charge in [-0.2, -0.15) is 23.5 Å². The minimum atomic E-state index is -1.10. The van der Waals surface area contributed by atoms with Crippen LogP contribution in [0.2, 0.25) is 0 Å². The molecule has 0 bridgehead atoms. The van der Waals surface area contributed by atoms with E-state index in [2.05, 4.69) is 5.32 Å². The van der Waals surface area contributed by atoms with Gasteiger partial charge in [0, 0.05) is 28.9 Å². The molecule has 0 radical (unpaired) electrons. The summed E-state index contributed by atoms with van der Waals surface area (Å²) in [7, 11) is 0. The molecule has 7 heteroatoms. The average Bonchev–Trinajstić information content (AvgIpc) is 2.86. The van der Waals surface area contributed by atoms with Gasteiger partial charge in [0.1, 0.15) is 5.76 Å². The van der Waals surface area contributed by atoms with E-state index in [9.17, 15) is 9.59 Å². The number of carbonyl (C=O) groups is 2. The molecule has 2 rings (SSSR count). The third kappa shape index (κ3) is 4.50. The van der Waals surface area contributed by atoms with Crippen molar-refractivity contribution in [1.82, 2.24) is 5.32 Å². The van der Waals surface area contributed by atoms with Crippen LogP contribution in [-0.2, 0) is 11.3 Å². The van der Waals surface area contributed by atoms with Crippen LogP contribution in [0.5, 0.6) is 0 Å². The molecule has 0 spiro atoms. The Morgan fingerprint density at radius 1 is 1.42 bits per heavy atom. The first-order valence-electron chi connectivity index (χ1n) is 5.93. The molecule has 1 saturated heterocycles. The highest BCUT2D eigenvalue weighted by Crippen LogP contribution is 2.26. The number of aromatic carboxylic acids is 1. The average molecular weight is 301 g/mol. The van der Waals surface area contributed by atoms with Crippen molar-refractivity contribution >= 4 is 35.4 Å². The minimum Gasteiger partial charge on any atom is -0.475 e. The highest BCUT2D eigenvalue weighted by molar-refractivity contribution is 8.06. The Hall–Kier alpha value is -1.08. The van der Waals surface area contributed by atoms with E-state index in [1.165, 1.54) is 6.07 Å². The highest BCUT2D eigenvalue weighted by atomic mass is 32.2. The SMILES string of the molecule is O=C(CC1CSCCS1)NCc1ccc(C(=O)O)o1. The quantitative estimate of drug-likeness (QED) is 0.864. The number of carboxylic acid groups (broad SMARTS) is 1. The number of carboxylic acids is 1.